The number of hydrogen-bond donors (Lipinski definition) is 2. The van der Waals surface area contributed by atoms with Crippen LogP contribution in [0.25, 0.3) is 0 Å². The van der Waals surface area contributed by atoms with Crippen LogP contribution in [0.4, 0.5) is 10.5 Å². The van der Waals surface area contributed by atoms with Crippen LogP contribution >= 0.6 is 21.2 Å². The highest BCUT2D eigenvalue weighted by Gasteiger charge is 2.08. The van der Waals surface area contributed by atoms with E-state index in [2.05, 4.69) is 5.32 Å². The first-order valence-electron chi connectivity index (χ1n) is 3.56. The fraction of sp³-hybridized carbons (Fsp3) is 0. The molecule has 0 spiro atoms. The third kappa shape index (κ3) is 4.42. The lowest BCUT2D eigenvalue weighted by molar-refractivity contribution is 0.256. The van der Waals surface area contributed by atoms with E-state index in [4.69, 9.17) is 0 Å². The summed E-state index contributed by atoms with van der Waals surface area (Å²) in [6.45, 7) is 0. The van der Waals surface area contributed by atoms with Gasteiger partial charge in [0.25, 0.3) is 7.19 Å². The van der Waals surface area contributed by atoms with E-state index in [1.165, 1.54) is 0 Å². The second-order valence-corrected chi connectivity index (χ2v) is 6.92. The van der Waals surface area contributed by atoms with E-state index in [1.807, 2.05) is 0 Å². The molecule has 1 rings (SSSR count). The number of amides is 2. The summed E-state index contributed by atoms with van der Waals surface area (Å²) in [5, 5.41) is 2.36. The second-order valence-electron chi connectivity index (χ2n) is 2.36. The Hall–Kier alpha value is -0.830. The van der Waals surface area contributed by atoms with Crippen molar-refractivity contribution in [1.29, 1.82) is 0 Å². The van der Waals surface area contributed by atoms with Crippen molar-refractivity contribution in [3.8, 4) is 0 Å². The smallest absolute Gasteiger partial charge is 0.307 e. The van der Waals surface area contributed by atoms with Crippen LogP contribution in [0.5, 0.6) is 0 Å². The Bertz CT molecular complexity index is 418. The van der Waals surface area contributed by atoms with Gasteiger partial charge in [-0.3, -0.25) is 0 Å². The van der Waals surface area contributed by atoms with Crippen LogP contribution in [0.15, 0.2) is 30.3 Å². The summed E-state index contributed by atoms with van der Waals surface area (Å²) in [5.41, 5.74) is 0.532. The molecule has 1 aromatic carbocycles. The van der Waals surface area contributed by atoms with Gasteiger partial charge in [0.05, 0.1) is 21.2 Å². The first-order valence-corrected chi connectivity index (χ1v) is 7.58. The van der Waals surface area contributed by atoms with E-state index in [9.17, 15) is 13.2 Å². The molecule has 0 heterocycles. The highest BCUT2D eigenvalue weighted by Crippen LogP contribution is 2.05. The molecule has 0 atom stereocenters. The van der Waals surface area contributed by atoms with E-state index in [-0.39, 0.29) is 0 Å². The van der Waals surface area contributed by atoms with Crippen LogP contribution in [0.2, 0.25) is 0 Å². The predicted molar refractivity (Wildman–Crippen MR) is 61.5 cm³/mol. The van der Waals surface area contributed by atoms with Crippen LogP contribution < -0.4 is 10.0 Å². The summed E-state index contributed by atoms with van der Waals surface area (Å²) in [4.78, 5) is 11.0. The van der Waals surface area contributed by atoms with Gasteiger partial charge in [-0.1, -0.05) is 18.2 Å². The Morgan fingerprint density at radius 2 is 1.79 bits per heavy atom. The molecular formula is C7H7IN2O3S. The molecule has 5 nitrogen and oxygen atoms in total. The molecule has 2 amide bonds. The normalized spacial score (nSPS) is 10.6. The zero-order chi connectivity index (χ0) is 10.6. The molecule has 0 unspecified atom stereocenters. The fourth-order valence-corrected chi connectivity index (χ4v) is 1.66. The van der Waals surface area contributed by atoms with Gasteiger partial charge in [0.15, 0.2) is 0 Å². The SMILES string of the molecule is O=C(Nc1ccccc1)NS(=O)(=O)I. The van der Waals surface area contributed by atoms with Gasteiger partial charge in [0.2, 0.25) is 0 Å². The quantitative estimate of drug-likeness (QED) is 0.639. The summed E-state index contributed by atoms with van der Waals surface area (Å²) < 4.78 is 23.1. The van der Waals surface area contributed by atoms with Crippen molar-refractivity contribution in [3.05, 3.63) is 30.3 Å². The Morgan fingerprint density at radius 3 is 2.29 bits per heavy atom. The summed E-state index contributed by atoms with van der Waals surface area (Å²) in [5.74, 6) is 0. The molecule has 0 radical (unpaired) electrons. The lowest BCUT2D eigenvalue weighted by atomic mass is 10.3. The van der Waals surface area contributed by atoms with Crippen molar-refractivity contribution < 1.29 is 13.2 Å². The molecule has 0 saturated carbocycles. The molecule has 14 heavy (non-hydrogen) atoms. The Labute approximate surface area is 93.5 Å². The van der Waals surface area contributed by atoms with E-state index >= 15 is 0 Å². The van der Waals surface area contributed by atoms with Gasteiger partial charge in [0, 0.05) is 5.69 Å². The molecule has 1 aromatic rings. The highest BCUT2D eigenvalue weighted by molar-refractivity contribution is 14.2. The van der Waals surface area contributed by atoms with Crippen LogP contribution in [0, 0.1) is 0 Å². The minimum absolute atomic E-state index is 0.532. The van der Waals surface area contributed by atoms with Crippen molar-refractivity contribution in [2.24, 2.45) is 0 Å². The Balaban J connectivity index is 2.59. The van der Waals surface area contributed by atoms with Crippen molar-refractivity contribution in [2.75, 3.05) is 5.32 Å². The molecule has 0 saturated heterocycles. The number of halogens is 1. The van der Waals surface area contributed by atoms with Crippen molar-refractivity contribution in [2.45, 2.75) is 0 Å². The van der Waals surface area contributed by atoms with E-state index < -0.39 is 13.2 Å². The van der Waals surface area contributed by atoms with Crippen molar-refractivity contribution >= 4 is 40.1 Å². The number of carbonyl (C=O) groups is 1. The van der Waals surface area contributed by atoms with Crippen LogP contribution in [-0.2, 0) is 7.19 Å². The van der Waals surface area contributed by atoms with Crippen molar-refractivity contribution in [3.63, 3.8) is 0 Å². The second kappa shape index (κ2) is 4.60. The van der Waals surface area contributed by atoms with Gasteiger partial charge in [-0.05, 0) is 12.1 Å². The zero-order valence-corrected chi connectivity index (χ0v) is 9.87. The van der Waals surface area contributed by atoms with Crippen molar-refractivity contribution in [1.82, 2.24) is 4.72 Å². The van der Waals surface area contributed by atoms with E-state index in [1.54, 1.807) is 35.1 Å². The molecule has 76 valence electrons. The largest absolute Gasteiger partial charge is 0.333 e. The number of hydrogen-bond acceptors (Lipinski definition) is 3. The molecule has 2 N–H and O–H groups in total. The molecule has 0 aliphatic heterocycles. The lowest BCUT2D eigenvalue weighted by Gasteiger charge is -2.03. The van der Waals surface area contributed by atoms with Gasteiger partial charge in [-0.2, -0.15) is 8.42 Å². The molecule has 0 aliphatic carbocycles. The average Bonchev–Trinajstić information content (AvgIpc) is 2.02. The maximum absolute atomic E-state index is 11.0. The molecule has 7 heteroatoms. The Kier molecular flexibility index (Phi) is 3.69. The number of urea groups is 1. The number of carbonyl (C=O) groups excluding carboxylic acids is 1. The minimum Gasteiger partial charge on any atom is -0.307 e. The van der Waals surface area contributed by atoms with Gasteiger partial charge >= 0.3 is 6.03 Å². The lowest BCUT2D eigenvalue weighted by Crippen LogP contribution is -2.30. The van der Waals surface area contributed by atoms with Crippen LogP contribution in [-0.4, -0.2) is 14.4 Å². The summed E-state index contributed by atoms with van der Waals surface area (Å²) >= 11 is 1.13. The molecule has 0 fully saturated rings. The molecule has 0 aliphatic rings. The van der Waals surface area contributed by atoms with Gasteiger partial charge in [-0.25, -0.2) is 9.52 Å². The van der Waals surface area contributed by atoms with Gasteiger partial charge in [-0.15, -0.1) is 0 Å². The third-order valence-corrected chi connectivity index (χ3v) is 2.34. The van der Waals surface area contributed by atoms with Gasteiger partial charge < -0.3 is 5.32 Å². The topological polar surface area (TPSA) is 75.3 Å². The van der Waals surface area contributed by atoms with Crippen LogP contribution in [0.1, 0.15) is 0 Å². The number of anilines is 1. The minimum atomic E-state index is -3.54. The standard InChI is InChI=1S/C7H7IN2O3S/c8-14(12,13)10-7(11)9-6-4-2-1-3-5-6/h1-5H,(H2,9,10,11). The number of nitrogens with one attached hydrogen (secondary N) is 2. The molecular weight excluding hydrogens is 319 g/mol. The molecule has 0 bridgehead atoms. The number of benzene rings is 1. The highest BCUT2D eigenvalue weighted by atomic mass is 127. The monoisotopic (exact) mass is 326 g/mol. The first kappa shape index (κ1) is 11.2. The van der Waals surface area contributed by atoms with E-state index in [0.29, 0.717) is 5.69 Å². The maximum atomic E-state index is 11.0. The maximum Gasteiger partial charge on any atom is 0.333 e. The Morgan fingerprint density at radius 1 is 1.21 bits per heavy atom. The number of para-hydroxylation sites is 1. The number of rotatable bonds is 2. The van der Waals surface area contributed by atoms with E-state index in [0.717, 1.165) is 21.2 Å². The molecule has 0 aromatic heterocycles. The first-order chi connectivity index (χ1) is 6.47. The van der Waals surface area contributed by atoms with Gasteiger partial charge in [0.1, 0.15) is 0 Å². The average molecular weight is 326 g/mol. The summed E-state index contributed by atoms with van der Waals surface area (Å²) in [6.07, 6.45) is 0. The summed E-state index contributed by atoms with van der Waals surface area (Å²) in [6, 6.07) is 7.78. The summed E-state index contributed by atoms with van der Waals surface area (Å²) in [7, 11) is -3.54. The van der Waals surface area contributed by atoms with Crippen LogP contribution in [0.3, 0.4) is 0 Å². The predicted octanol–water partition coefficient (Wildman–Crippen LogP) is 1.49. The third-order valence-electron chi connectivity index (χ3n) is 1.25. The zero-order valence-electron chi connectivity index (χ0n) is 6.90. The fourth-order valence-electron chi connectivity index (χ4n) is 0.789.